The van der Waals surface area contributed by atoms with Crippen LogP contribution in [0.3, 0.4) is 0 Å². The first kappa shape index (κ1) is 14.0. The molecule has 1 aliphatic heterocycles. The van der Waals surface area contributed by atoms with Gasteiger partial charge in [-0.1, -0.05) is 78.9 Å². The van der Waals surface area contributed by atoms with Gasteiger partial charge in [0, 0.05) is 17.7 Å². The molecule has 2 N–H and O–H groups in total. The first-order valence-corrected chi connectivity index (χ1v) is 7.75. The Morgan fingerprint density at radius 1 is 0.739 bits per heavy atom. The number of hydrogen-bond acceptors (Lipinski definition) is 3. The molecule has 3 nitrogen and oxygen atoms in total. The zero-order chi connectivity index (χ0) is 15.7. The van der Waals surface area contributed by atoms with E-state index in [9.17, 15) is 5.11 Å². The van der Waals surface area contributed by atoms with Gasteiger partial charge in [0.05, 0.1) is 5.69 Å². The molecule has 0 spiro atoms. The second-order valence-electron chi connectivity index (χ2n) is 5.70. The minimum absolute atomic E-state index is 0.706. The minimum atomic E-state index is -1.27. The Kier molecular flexibility index (Phi) is 3.37. The highest BCUT2D eigenvalue weighted by Gasteiger charge is 2.41. The lowest BCUT2D eigenvalue weighted by molar-refractivity contribution is 0.0665. The van der Waals surface area contributed by atoms with Gasteiger partial charge in [0.2, 0.25) is 5.72 Å². The van der Waals surface area contributed by atoms with Gasteiger partial charge in [-0.2, -0.15) is 0 Å². The van der Waals surface area contributed by atoms with E-state index < -0.39 is 5.72 Å². The molecule has 3 heteroatoms. The number of hydrogen-bond donors (Lipinski definition) is 2. The fourth-order valence-electron chi connectivity index (χ4n) is 3.18. The van der Waals surface area contributed by atoms with Crippen molar-refractivity contribution in [3.05, 3.63) is 102 Å². The summed E-state index contributed by atoms with van der Waals surface area (Å²) in [5.41, 5.74) is 5.91. The Balaban J connectivity index is 1.91. The Hall–Kier alpha value is -2.62. The Bertz CT molecular complexity index is 763. The quantitative estimate of drug-likeness (QED) is 0.778. The number of rotatable bonds is 3. The van der Waals surface area contributed by atoms with E-state index in [1.54, 1.807) is 0 Å². The maximum atomic E-state index is 11.8. The van der Waals surface area contributed by atoms with Crippen molar-refractivity contribution in [1.29, 1.82) is 0 Å². The molecule has 0 radical (unpaired) electrons. The molecule has 0 fully saturated rings. The minimum Gasteiger partial charge on any atom is -0.362 e. The average molecular weight is 302 g/mol. The van der Waals surface area contributed by atoms with Crippen LogP contribution >= 0.6 is 0 Å². The van der Waals surface area contributed by atoms with Crippen LogP contribution in [-0.4, -0.2) is 5.11 Å². The third kappa shape index (κ3) is 2.22. The van der Waals surface area contributed by atoms with E-state index >= 15 is 0 Å². The molecule has 3 aromatic carbocycles. The summed E-state index contributed by atoms with van der Waals surface area (Å²) in [7, 11) is 0. The van der Waals surface area contributed by atoms with Crippen LogP contribution in [0.25, 0.3) is 0 Å². The zero-order valence-corrected chi connectivity index (χ0v) is 12.7. The standard InChI is InChI=1S/C20H18N2O/c23-20(17-10-3-1-4-11-17,18-12-5-2-6-13-18)22-19-14-8-7-9-16(19)15-21-22/h1-14,21,23H,15H2. The van der Waals surface area contributed by atoms with E-state index in [1.807, 2.05) is 83.9 Å². The van der Waals surface area contributed by atoms with Crippen molar-refractivity contribution in [2.24, 2.45) is 0 Å². The third-order valence-corrected chi connectivity index (χ3v) is 4.34. The largest absolute Gasteiger partial charge is 0.362 e. The maximum absolute atomic E-state index is 11.8. The van der Waals surface area contributed by atoms with Crippen molar-refractivity contribution < 1.29 is 5.11 Å². The van der Waals surface area contributed by atoms with Gasteiger partial charge in [-0.15, -0.1) is 0 Å². The highest BCUT2D eigenvalue weighted by atomic mass is 16.3. The number of nitrogens with one attached hydrogen (secondary N) is 1. The molecular formula is C20H18N2O. The number of anilines is 1. The SMILES string of the molecule is OC(c1ccccc1)(c1ccccc1)N1NCc2ccccc21. The summed E-state index contributed by atoms with van der Waals surface area (Å²) < 4.78 is 0. The molecule has 3 aromatic rings. The topological polar surface area (TPSA) is 35.5 Å². The monoisotopic (exact) mass is 302 g/mol. The van der Waals surface area contributed by atoms with Crippen molar-refractivity contribution in [3.8, 4) is 0 Å². The maximum Gasteiger partial charge on any atom is 0.204 e. The Morgan fingerprint density at radius 3 is 1.87 bits per heavy atom. The van der Waals surface area contributed by atoms with Crippen molar-refractivity contribution in [2.75, 3.05) is 5.01 Å². The van der Waals surface area contributed by atoms with Crippen LogP contribution in [0.15, 0.2) is 84.9 Å². The molecule has 1 heterocycles. The van der Waals surface area contributed by atoms with Gasteiger partial charge in [0.1, 0.15) is 0 Å². The molecule has 0 saturated carbocycles. The van der Waals surface area contributed by atoms with Crippen molar-refractivity contribution in [2.45, 2.75) is 12.3 Å². The summed E-state index contributed by atoms with van der Waals surface area (Å²) in [5, 5.41) is 13.6. The van der Waals surface area contributed by atoms with E-state index in [4.69, 9.17) is 0 Å². The molecule has 0 aliphatic carbocycles. The number of para-hydroxylation sites is 1. The van der Waals surface area contributed by atoms with Gasteiger partial charge in [-0.25, -0.2) is 5.43 Å². The van der Waals surface area contributed by atoms with Crippen LogP contribution in [0.5, 0.6) is 0 Å². The summed E-state index contributed by atoms with van der Waals surface area (Å²) >= 11 is 0. The second-order valence-corrected chi connectivity index (χ2v) is 5.70. The molecular weight excluding hydrogens is 284 g/mol. The molecule has 0 aromatic heterocycles. The molecule has 4 rings (SSSR count). The van der Waals surface area contributed by atoms with E-state index in [2.05, 4.69) is 11.5 Å². The lowest BCUT2D eigenvalue weighted by Crippen LogP contribution is -2.52. The molecule has 0 amide bonds. The lowest BCUT2D eigenvalue weighted by atomic mass is 9.93. The van der Waals surface area contributed by atoms with Crippen LogP contribution in [0, 0.1) is 0 Å². The van der Waals surface area contributed by atoms with Gasteiger partial charge >= 0.3 is 0 Å². The van der Waals surface area contributed by atoms with E-state index in [1.165, 1.54) is 5.56 Å². The summed E-state index contributed by atoms with van der Waals surface area (Å²) in [6.07, 6.45) is 0. The molecule has 0 saturated heterocycles. The van der Waals surface area contributed by atoms with E-state index in [0.717, 1.165) is 16.8 Å². The second kappa shape index (κ2) is 5.54. The van der Waals surface area contributed by atoms with Gasteiger partial charge < -0.3 is 5.11 Å². The normalized spacial score (nSPS) is 13.9. The van der Waals surface area contributed by atoms with Crippen molar-refractivity contribution in [3.63, 3.8) is 0 Å². The third-order valence-electron chi connectivity index (χ3n) is 4.34. The van der Waals surface area contributed by atoms with Crippen LogP contribution in [0.4, 0.5) is 5.69 Å². The predicted molar refractivity (Wildman–Crippen MR) is 91.6 cm³/mol. The predicted octanol–water partition coefficient (Wildman–Crippen LogP) is 3.40. The molecule has 114 valence electrons. The highest BCUT2D eigenvalue weighted by molar-refractivity contribution is 5.61. The lowest BCUT2D eigenvalue weighted by Gasteiger charge is -2.39. The first-order valence-electron chi connectivity index (χ1n) is 7.75. The van der Waals surface area contributed by atoms with E-state index in [0.29, 0.717) is 6.54 Å². The summed E-state index contributed by atoms with van der Waals surface area (Å²) in [6, 6.07) is 27.7. The summed E-state index contributed by atoms with van der Waals surface area (Å²) in [6.45, 7) is 0.706. The Morgan fingerprint density at radius 2 is 1.26 bits per heavy atom. The number of benzene rings is 3. The first-order chi connectivity index (χ1) is 11.3. The van der Waals surface area contributed by atoms with Crippen LogP contribution in [0.1, 0.15) is 16.7 Å². The molecule has 0 bridgehead atoms. The van der Waals surface area contributed by atoms with Crippen LogP contribution in [0.2, 0.25) is 0 Å². The Labute approximate surface area is 135 Å². The number of aliphatic hydroxyl groups is 1. The van der Waals surface area contributed by atoms with Crippen LogP contribution < -0.4 is 10.4 Å². The smallest absolute Gasteiger partial charge is 0.204 e. The summed E-state index contributed by atoms with van der Waals surface area (Å²) in [4.78, 5) is 0. The van der Waals surface area contributed by atoms with Gasteiger partial charge in [-0.3, -0.25) is 5.01 Å². The van der Waals surface area contributed by atoms with E-state index in [-0.39, 0.29) is 0 Å². The number of hydrazine groups is 1. The van der Waals surface area contributed by atoms with Gasteiger partial charge in [0.25, 0.3) is 0 Å². The number of fused-ring (bicyclic) bond motifs is 1. The fraction of sp³-hybridized carbons (Fsp3) is 0.100. The fourth-order valence-corrected chi connectivity index (χ4v) is 3.18. The van der Waals surface area contributed by atoms with Crippen LogP contribution in [-0.2, 0) is 12.3 Å². The molecule has 0 unspecified atom stereocenters. The molecule has 1 aliphatic rings. The summed E-state index contributed by atoms with van der Waals surface area (Å²) in [5.74, 6) is 0. The van der Waals surface area contributed by atoms with Gasteiger partial charge in [-0.05, 0) is 11.6 Å². The molecule has 23 heavy (non-hydrogen) atoms. The van der Waals surface area contributed by atoms with Gasteiger partial charge in [0.15, 0.2) is 0 Å². The zero-order valence-electron chi connectivity index (χ0n) is 12.7. The van der Waals surface area contributed by atoms with Crippen molar-refractivity contribution >= 4 is 5.69 Å². The molecule has 0 atom stereocenters. The highest BCUT2D eigenvalue weighted by Crippen LogP contribution is 2.39. The average Bonchev–Trinajstić information content (AvgIpc) is 3.07. The number of nitrogens with zero attached hydrogens (tertiary/aromatic N) is 1. The van der Waals surface area contributed by atoms with Crippen molar-refractivity contribution in [1.82, 2.24) is 5.43 Å².